The molecule has 0 aliphatic carbocycles. The van der Waals surface area contributed by atoms with Gasteiger partial charge in [0.2, 0.25) is 16.2 Å². The van der Waals surface area contributed by atoms with E-state index < -0.39 is 0 Å². The highest BCUT2D eigenvalue weighted by molar-refractivity contribution is 7.99. The normalized spacial score (nSPS) is 12.2. The minimum absolute atomic E-state index is 0. The molecule has 0 N–H and O–H groups in total. The first kappa shape index (κ1) is 17.8. The number of fused-ring (bicyclic) bond motifs is 1. The average molecular weight is 345 g/mol. The molecule has 0 aliphatic heterocycles. The summed E-state index contributed by atoms with van der Waals surface area (Å²) in [7, 11) is 4.23. The van der Waals surface area contributed by atoms with E-state index in [9.17, 15) is 0 Å². The molecule has 1 heterocycles. The molecule has 0 spiro atoms. The standard InChI is InChI=1S/C19H21N2S.ClH/c1-15(20(2)3)22-19-14-13-16-9-7-8-12-18(16)21(19)17-10-5-4-6-11-17;/h4-15H,1-3H3;1H/q+1;/p-1. The van der Waals surface area contributed by atoms with Crippen LogP contribution in [0.25, 0.3) is 16.6 Å². The Morgan fingerprint density at radius 2 is 1.52 bits per heavy atom. The van der Waals surface area contributed by atoms with Crippen molar-refractivity contribution in [2.75, 3.05) is 14.1 Å². The van der Waals surface area contributed by atoms with E-state index in [2.05, 4.69) is 97.2 Å². The summed E-state index contributed by atoms with van der Waals surface area (Å²) in [5.41, 5.74) is 2.44. The summed E-state index contributed by atoms with van der Waals surface area (Å²) in [6, 6.07) is 23.5. The molecule has 0 amide bonds. The van der Waals surface area contributed by atoms with Crippen LogP contribution in [0, 0.1) is 0 Å². The molecule has 0 bridgehead atoms. The Kier molecular flexibility index (Phi) is 6.05. The predicted octanol–water partition coefficient (Wildman–Crippen LogP) is 1.12. The zero-order valence-electron chi connectivity index (χ0n) is 13.6. The maximum Gasteiger partial charge on any atom is 0.247 e. The van der Waals surface area contributed by atoms with Crippen molar-refractivity contribution >= 4 is 22.7 Å². The van der Waals surface area contributed by atoms with Gasteiger partial charge < -0.3 is 12.4 Å². The number of hydrogen-bond acceptors (Lipinski definition) is 2. The summed E-state index contributed by atoms with van der Waals surface area (Å²) in [6.07, 6.45) is 0. The molecule has 1 atom stereocenters. The SMILES string of the molecule is CC(Sc1ccc2ccccc2[n+]1-c1ccccc1)N(C)C.[Cl-]. The molecule has 3 rings (SSSR count). The third kappa shape index (κ3) is 3.86. The van der Waals surface area contributed by atoms with Crippen LogP contribution in [-0.2, 0) is 0 Å². The first-order valence-corrected chi connectivity index (χ1v) is 8.37. The van der Waals surface area contributed by atoms with Crippen LogP contribution in [0.5, 0.6) is 0 Å². The zero-order valence-corrected chi connectivity index (χ0v) is 15.2. The summed E-state index contributed by atoms with van der Waals surface area (Å²) < 4.78 is 2.35. The quantitative estimate of drug-likeness (QED) is 0.398. The Morgan fingerprint density at radius 1 is 0.870 bits per heavy atom. The smallest absolute Gasteiger partial charge is 0.247 e. The molecule has 23 heavy (non-hydrogen) atoms. The van der Waals surface area contributed by atoms with E-state index in [0.717, 1.165) is 0 Å². The van der Waals surface area contributed by atoms with Crippen LogP contribution in [0.15, 0.2) is 71.8 Å². The largest absolute Gasteiger partial charge is 1.00 e. The highest BCUT2D eigenvalue weighted by atomic mass is 35.5. The average Bonchev–Trinajstić information content (AvgIpc) is 2.55. The van der Waals surface area contributed by atoms with Crippen molar-refractivity contribution in [3.8, 4) is 5.69 Å². The Bertz CT molecular complexity index is 775. The van der Waals surface area contributed by atoms with Gasteiger partial charge in [-0.2, -0.15) is 0 Å². The maximum absolute atomic E-state index is 2.35. The number of aromatic nitrogens is 1. The molecule has 3 aromatic rings. The molecule has 0 saturated carbocycles. The Balaban J connectivity index is 0.00000192. The van der Waals surface area contributed by atoms with Crippen molar-refractivity contribution in [3.63, 3.8) is 0 Å². The van der Waals surface area contributed by atoms with Gasteiger partial charge in [-0.05, 0) is 44.9 Å². The van der Waals surface area contributed by atoms with Gasteiger partial charge in [0.1, 0.15) is 0 Å². The summed E-state index contributed by atoms with van der Waals surface area (Å²) in [5.74, 6) is 0. The number of hydrogen-bond donors (Lipinski definition) is 0. The second-order valence-corrected chi connectivity index (χ2v) is 6.92. The molecule has 0 fully saturated rings. The molecule has 0 aliphatic rings. The second kappa shape index (κ2) is 7.82. The molecule has 1 aromatic heterocycles. The lowest BCUT2D eigenvalue weighted by Crippen LogP contribution is -3.00. The predicted molar refractivity (Wildman–Crippen MR) is 94.5 cm³/mol. The van der Waals surface area contributed by atoms with Crippen molar-refractivity contribution in [2.24, 2.45) is 0 Å². The van der Waals surface area contributed by atoms with E-state index in [4.69, 9.17) is 0 Å². The van der Waals surface area contributed by atoms with Gasteiger partial charge >= 0.3 is 0 Å². The van der Waals surface area contributed by atoms with Crippen molar-refractivity contribution in [3.05, 3.63) is 66.7 Å². The minimum atomic E-state index is 0. The monoisotopic (exact) mass is 344 g/mol. The van der Waals surface area contributed by atoms with Gasteiger partial charge in [-0.25, -0.2) is 0 Å². The molecular formula is C19H21ClN2S. The lowest BCUT2D eigenvalue weighted by atomic mass is 10.2. The van der Waals surface area contributed by atoms with Crippen LogP contribution in [0.1, 0.15) is 6.92 Å². The molecule has 120 valence electrons. The molecule has 2 nitrogen and oxygen atoms in total. The molecule has 2 aromatic carbocycles. The number of halogens is 1. The van der Waals surface area contributed by atoms with Gasteiger partial charge in [0, 0.05) is 29.7 Å². The summed E-state index contributed by atoms with van der Waals surface area (Å²) in [4.78, 5) is 2.23. The lowest BCUT2D eigenvalue weighted by Gasteiger charge is -2.18. The Hall–Kier alpha value is -1.55. The minimum Gasteiger partial charge on any atom is -1.00 e. The first-order valence-electron chi connectivity index (χ1n) is 7.49. The van der Waals surface area contributed by atoms with Crippen molar-refractivity contribution in [1.29, 1.82) is 0 Å². The number of benzene rings is 2. The molecule has 0 radical (unpaired) electrons. The third-order valence-electron chi connectivity index (χ3n) is 3.84. The van der Waals surface area contributed by atoms with Crippen LogP contribution in [0.2, 0.25) is 0 Å². The summed E-state index contributed by atoms with van der Waals surface area (Å²) in [6.45, 7) is 2.23. The summed E-state index contributed by atoms with van der Waals surface area (Å²) in [5, 5.41) is 2.93. The van der Waals surface area contributed by atoms with E-state index in [1.54, 1.807) is 0 Å². The number of pyridine rings is 1. The third-order valence-corrected chi connectivity index (χ3v) is 5.16. The molecular weight excluding hydrogens is 324 g/mol. The van der Waals surface area contributed by atoms with Crippen LogP contribution < -0.4 is 17.0 Å². The van der Waals surface area contributed by atoms with E-state index in [0.29, 0.717) is 5.37 Å². The van der Waals surface area contributed by atoms with Crippen molar-refractivity contribution < 1.29 is 17.0 Å². The van der Waals surface area contributed by atoms with Crippen molar-refractivity contribution in [1.82, 2.24) is 4.90 Å². The van der Waals surface area contributed by atoms with Gasteiger partial charge in [0.15, 0.2) is 0 Å². The first-order chi connectivity index (χ1) is 10.7. The number of nitrogens with zero attached hydrogens (tertiary/aromatic N) is 2. The zero-order chi connectivity index (χ0) is 15.5. The highest BCUT2D eigenvalue weighted by Gasteiger charge is 2.21. The second-order valence-electron chi connectivity index (χ2n) is 5.58. The number of para-hydroxylation sites is 2. The topological polar surface area (TPSA) is 7.12 Å². The fraction of sp³-hybridized carbons (Fsp3) is 0.211. The fourth-order valence-electron chi connectivity index (χ4n) is 2.40. The molecule has 0 saturated heterocycles. The van der Waals surface area contributed by atoms with Gasteiger partial charge in [-0.15, -0.1) is 4.57 Å². The van der Waals surface area contributed by atoms with Gasteiger partial charge in [0.25, 0.3) is 0 Å². The van der Waals surface area contributed by atoms with Crippen LogP contribution in [0.3, 0.4) is 0 Å². The number of rotatable bonds is 4. The maximum atomic E-state index is 2.35. The van der Waals surface area contributed by atoms with Crippen LogP contribution >= 0.6 is 11.8 Å². The molecule has 4 heteroatoms. The summed E-state index contributed by atoms with van der Waals surface area (Å²) >= 11 is 1.88. The highest BCUT2D eigenvalue weighted by Crippen LogP contribution is 2.25. The van der Waals surface area contributed by atoms with Crippen LogP contribution in [-0.4, -0.2) is 24.4 Å². The van der Waals surface area contributed by atoms with Gasteiger partial charge in [-0.1, -0.05) is 30.3 Å². The van der Waals surface area contributed by atoms with E-state index >= 15 is 0 Å². The van der Waals surface area contributed by atoms with E-state index in [1.807, 2.05) is 11.8 Å². The van der Waals surface area contributed by atoms with Crippen molar-refractivity contribution in [2.45, 2.75) is 17.3 Å². The van der Waals surface area contributed by atoms with E-state index in [-0.39, 0.29) is 12.4 Å². The Labute approximate surface area is 148 Å². The lowest BCUT2D eigenvalue weighted by molar-refractivity contribution is -0.608. The van der Waals surface area contributed by atoms with E-state index in [1.165, 1.54) is 21.6 Å². The van der Waals surface area contributed by atoms with Crippen LogP contribution in [0.4, 0.5) is 0 Å². The van der Waals surface area contributed by atoms with Gasteiger partial charge in [-0.3, -0.25) is 4.90 Å². The molecule has 1 unspecified atom stereocenters. The Morgan fingerprint density at radius 3 is 2.22 bits per heavy atom. The fourth-order valence-corrected chi connectivity index (χ4v) is 3.42. The van der Waals surface area contributed by atoms with Gasteiger partial charge in [0.05, 0.1) is 5.37 Å². The number of thioether (sulfide) groups is 1.